The Morgan fingerprint density at radius 2 is 2.00 bits per heavy atom. The molecule has 1 N–H and O–H groups in total. The fourth-order valence-corrected chi connectivity index (χ4v) is 2.91. The molecule has 0 spiro atoms. The van der Waals surface area contributed by atoms with E-state index < -0.39 is 5.60 Å². The van der Waals surface area contributed by atoms with Crippen LogP contribution in [-0.2, 0) is 17.7 Å². The third-order valence-corrected chi connectivity index (χ3v) is 4.27. The lowest BCUT2D eigenvalue weighted by atomic mass is 9.97. The van der Waals surface area contributed by atoms with Crippen LogP contribution in [0.5, 0.6) is 0 Å². The molecule has 0 atom stereocenters. The van der Waals surface area contributed by atoms with Gasteiger partial charge in [0, 0.05) is 18.3 Å². The van der Waals surface area contributed by atoms with Crippen LogP contribution in [0.3, 0.4) is 0 Å². The van der Waals surface area contributed by atoms with Crippen molar-refractivity contribution in [1.82, 2.24) is 4.90 Å². The third-order valence-electron chi connectivity index (χ3n) is 4.27. The predicted octanol–water partition coefficient (Wildman–Crippen LogP) is 4.58. The van der Waals surface area contributed by atoms with E-state index in [9.17, 15) is 4.79 Å². The molecule has 0 unspecified atom stereocenters. The van der Waals surface area contributed by atoms with Crippen LogP contribution in [0.25, 0.3) is 0 Å². The lowest BCUT2D eigenvalue weighted by Crippen LogP contribution is -2.40. The Morgan fingerprint density at radius 1 is 1.30 bits per heavy atom. The van der Waals surface area contributed by atoms with Crippen molar-refractivity contribution >= 4 is 11.8 Å². The standard InChI is InChI=1S/C19H30N2O2/c1-6-15(7-2)20-17-10-8-9-14-11-12-21(13-16(14)17)18(22)23-19(3,4)5/h8-10,15,20H,6-7,11-13H2,1-5H3. The van der Waals surface area contributed by atoms with Crippen molar-refractivity contribution < 1.29 is 9.53 Å². The van der Waals surface area contributed by atoms with Gasteiger partial charge in [0.1, 0.15) is 5.60 Å². The Kier molecular flexibility index (Phi) is 5.55. The van der Waals surface area contributed by atoms with E-state index in [1.54, 1.807) is 0 Å². The molecule has 23 heavy (non-hydrogen) atoms. The lowest BCUT2D eigenvalue weighted by molar-refractivity contribution is 0.0224. The average molecular weight is 318 g/mol. The first kappa shape index (κ1) is 17.6. The van der Waals surface area contributed by atoms with Gasteiger partial charge in [-0.25, -0.2) is 4.79 Å². The maximum Gasteiger partial charge on any atom is 0.410 e. The monoisotopic (exact) mass is 318 g/mol. The SMILES string of the molecule is CCC(CC)Nc1cccc2c1CN(C(=O)OC(C)(C)C)CC2. The highest BCUT2D eigenvalue weighted by molar-refractivity contribution is 5.70. The van der Waals surface area contributed by atoms with Gasteiger partial charge in [0.15, 0.2) is 0 Å². The molecule has 1 aromatic rings. The van der Waals surface area contributed by atoms with Crippen molar-refractivity contribution in [3.8, 4) is 0 Å². The molecule has 1 amide bonds. The normalized spacial score (nSPS) is 14.6. The number of ether oxygens (including phenoxy) is 1. The summed E-state index contributed by atoms with van der Waals surface area (Å²) in [5.74, 6) is 0. The number of nitrogens with one attached hydrogen (secondary N) is 1. The van der Waals surface area contributed by atoms with E-state index in [-0.39, 0.29) is 6.09 Å². The minimum absolute atomic E-state index is 0.222. The largest absolute Gasteiger partial charge is 0.444 e. The Bertz CT molecular complexity index is 545. The summed E-state index contributed by atoms with van der Waals surface area (Å²) in [6, 6.07) is 6.86. The van der Waals surface area contributed by atoms with Gasteiger partial charge in [0.05, 0.1) is 6.54 Å². The van der Waals surface area contributed by atoms with Crippen molar-refractivity contribution in [1.29, 1.82) is 0 Å². The average Bonchev–Trinajstić information content (AvgIpc) is 2.50. The molecule has 0 saturated heterocycles. The van der Waals surface area contributed by atoms with Gasteiger partial charge in [-0.1, -0.05) is 26.0 Å². The number of rotatable bonds is 4. The Morgan fingerprint density at radius 3 is 2.61 bits per heavy atom. The van der Waals surface area contributed by atoms with Crippen molar-refractivity contribution in [3.63, 3.8) is 0 Å². The summed E-state index contributed by atoms with van der Waals surface area (Å²) in [4.78, 5) is 14.2. The van der Waals surface area contributed by atoms with Crippen molar-refractivity contribution in [2.24, 2.45) is 0 Å². The highest BCUT2D eigenvalue weighted by Crippen LogP contribution is 2.28. The number of carbonyl (C=O) groups excluding carboxylic acids is 1. The molecule has 1 heterocycles. The minimum atomic E-state index is -0.454. The van der Waals surface area contributed by atoms with Crippen LogP contribution in [-0.4, -0.2) is 29.2 Å². The van der Waals surface area contributed by atoms with Crippen molar-refractivity contribution in [3.05, 3.63) is 29.3 Å². The first-order valence-corrected chi connectivity index (χ1v) is 8.69. The first-order chi connectivity index (χ1) is 10.8. The van der Waals surface area contributed by atoms with Gasteiger partial charge >= 0.3 is 6.09 Å². The van der Waals surface area contributed by atoms with E-state index in [4.69, 9.17) is 4.74 Å². The number of hydrogen-bond donors (Lipinski definition) is 1. The van der Waals surface area contributed by atoms with Gasteiger partial charge in [-0.3, -0.25) is 0 Å². The zero-order valence-corrected chi connectivity index (χ0v) is 15.1. The van der Waals surface area contributed by atoms with Crippen LogP contribution in [0, 0.1) is 0 Å². The predicted molar refractivity (Wildman–Crippen MR) is 94.8 cm³/mol. The Hall–Kier alpha value is -1.71. The summed E-state index contributed by atoms with van der Waals surface area (Å²) >= 11 is 0. The molecule has 0 aromatic heterocycles. The molecule has 1 aliphatic rings. The smallest absolute Gasteiger partial charge is 0.410 e. The number of nitrogens with zero attached hydrogens (tertiary/aromatic N) is 1. The molecule has 0 fully saturated rings. The molecule has 0 saturated carbocycles. The first-order valence-electron chi connectivity index (χ1n) is 8.69. The molecule has 1 aromatic carbocycles. The van der Waals surface area contributed by atoms with Crippen LogP contribution < -0.4 is 5.32 Å². The molecular weight excluding hydrogens is 288 g/mol. The summed E-state index contributed by atoms with van der Waals surface area (Å²) in [5, 5.41) is 3.64. The number of amides is 1. The molecule has 4 nitrogen and oxygen atoms in total. The van der Waals surface area contributed by atoms with Gasteiger partial charge in [0.2, 0.25) is 0 Å². The van der Waals surface area contributed by atoms with Crippen molar-refractivity contribution in [2.45, 2.75) is 72.1 Å². The van der Waals surface area contributed by atoms with Crippen LogP contribution in [0.2, 0.25) is 0 Å². The van der Waals surface area contributed by atoms with Gasteiger partial charge in [0.25, 0.3) is 0 Å². The highest BCUT2D eigenvalue weighted by Gasteiger charge is 2.27. The molecule has 1 aliphatic heterocycles. The number of carbonyl (C=O) groups is 1. The third kappa shape index (κ3) is 4.63. The van der Waals surface area contributed by atoms with Crippen LogP contribution in [0.1, 0.15) is 58.6 Å². The van der Waals surface area contributed by atoms with Gasteiger partial charge in [-0.05, 0) is 57.2 Å². The maximum absolute atomic E-state index is 12.4. The van der Waals surface area contributed by atoms with E-state index in [0.29, 0.717) is 12.6 Å². The molecule has 0 aliphatic carbocycles. The molecule has 0 bridgehead atoms. The summed E-state index contributed by atoms with van der Waals surface area (Å²) < 4.78 is 5.52. The minimum Gasteiger partial charge on any atom is -0.444 e. The number of hydrogen-bond acceptors (Lipinski definition) is 3. The summed E-state index contributed by atoms with van der Waals surface area (Å²) in [6.07, 6.45) is 2.85. The summed E-state index contributed by atoms with van der Waals surface area (Å²) in [7, 11) is 0. The van der Waals surface area contributed by atoms with Gasteiger partial charge in [-0.15, -0.1) is 0 Å². The van der Waals surface area contributed by atoms with Crippen LogP contribution in [0.4, 0.5) is 10.5 Å². The lowest BCUT2D eigenvalue weighted by Gasteiger charge is -2.33. The fourth-order valence-electron chi connectivity index (χ4n) is 2.91. The molecular formula is C19H30N2O2. The topological polar surface area (TPSA) is 41.6 Å². The highest BCUT2D eigenvalue weighted by atomic mass is 16.6. The van der Waals surface area contributed by atoms with E-state index in [2.05, 4.69) is 37.4 Å². The summed E-state index contributed by atoms with van der Waals surface area (Å²) in [5.41, 5.74) is 3.27. The number of anilines is 1. The zero-order valence-electron chi connectivity index (χ0n) is 15.1. The molecule has 4 heteroatoms. The Balaban J connectivity index is 2.16. The fraction of sp³-hybridized carbons (Fsp3) is 0.632. The second-order valence-electron chi connectivity index (χ2n) is 7.25. The van der Waals surface area contributed by atoms with E-state index in [1.807, 2.05) is 25.7 Å². The van der Waals surface area contributed by atoms with Gasteiger partial charge < -0.3 is 15.0 Å². The van der Waals surface area contributed by atoms with E-state index in [1.165, 1.54) is 11.1 Å². The molecule has 2 rings (SSSR count). The molecule has 128 valence electrons. The van der Waals surface area contributed by atoms with E-state index >= 15 is 0 Å². The van der Waals surface area contributed by atoms with Crippen LogP contribution >= 0.6 is 0 Å². The van der Waals surface area contributed by atoms with Crippen LogP contribution in [0.15, 0.2) is 18.2 Å². The van der Waals surface area contributed by atoms with Gasteiger partial charge in [-0.2, -0.15) is 0 Å². The maximum atomic E-state index is 12.4. The Labute approximate surface area is 140 Å². The number of fused-ring (bicyclic) bond motifs is 1. The quantitative estimate of drug-likeness (QED) is 0.883. The van der Waals surface area contributed by atoms with Crippen molar-refractivity contribution in [2.75, 3.05) is 11.9 Å². The zero-order chi connectivity index (χ0) is 17.0. The van der Waals surface area contributed by atoms with E-state index in [0.717, 1.165) is 31.5 Å². The second-order valence-corrected chi connectivity index (χ2v) is 7.25. The summed E-state index contributed by atoms with van der Waals surface area (Å²) in [6.45, 7) is 11.5. The molecule has 0 radical (unpaired) electrons. The number of benzene rings is 1. The second kappa shape index (κ2) is 7.24.